The van der Waals surface area contributed by atoms with Crippen molar-refractivity contribution in [1.29, 1.82) is 0 Å². The zero-order valence-corrected chi connectivity index (χ0v) is 12.6. The van der Waals surface area contributed by atoms with Crippen molar-refractivity contribution in [1.82, 2.24) is 5.32 Å². The van der Waals surface area contributed by atoms with E-state index in [-0.39, 0.29) is 11.3 Å². The molecular weight excluding hydrogens is 280 g/mol. The van der Waals surface area contributed by atoms with E-state index in [2.05, 4.69) is 5.32 Å². The lowest BCUT2D eigenvalue weighted by Crippen LogP contribution is -2.39. The summed E-state index contributed by atoms with van der Waals surface area (Å²) in [4.78, 5) is 17.7. The van der Waals surface area contributed by atoms with Crippen molar-refractivity contribution in [2.24, 2.45) is 4.99 Å². The number of hydrogen-bond donors (Lipinski definition) is 1. The van der Waals surface area contributed by atoms with Gasteiger partial charge in [0, 0.05) is 11.3 Å². The van der Waals surface area contributed by atoms with Crippen molar-refractivity contribution in [2.45, 2.75) is 23.6 Å². The van der Waals surface area contributed by atoms with Crippen LogP contribution in [-0.4, -0.2) is 17.0 Å². The maximum absolute atomic E-state index is 11.8. The first-order valence-electron chi connectivity index (χ1n) is 6.97. The fraction of sp³-hybridized carbons (Fsp3) is 0.176. The summed E-state index contributed by atoms with van der Waals surface area (Å²) < 4.78 is 0. The summed E-state index contributed by atoms with van der Waals surface area (Å²) in [5.74, 6) is 0.0375. The molecule has 0 aliphatic carbocycles. The molecule has 2 aromatic rings. The van der Waals surface area contributed by atoms with Crippen LogP contribution in [0.1, 0.15) is 18.9 Å². The lowest BCUT2D eigenvalue weighted by molar-refractivity contribution is -0.120. The number of thioether (sulfide) groups is 1. The molecule has 1 N–H and O–H groups in total. The largest absolute Gasteiger partial charge is 0.338 e. The van der Waals surface area contributed by atoms with Crippen molar-refractivity contribution >= 4 is 29.1 Å². The second-order valence-electron chi connectivity index (χ2n) is 4.75. The van der Waals surface area contributed by atoms with Gasteiger partial charge in [-0.25, -0.2) is 4.99 Å². The van der Waals surface area contributed by atoms with Crippen molar-refractivity contribution in [3.63, 3.8) is 0 Å². The fourth-order valence-corrected chi connectivity index (χ4v) is 3.33. The van der Waals surface area contributed by atoms with Gasteiger partial charge in [-0.2, -0.15) is 0 Å². The molecular formula is C17H16N2OS. The molecule has 3 rings (SSSR count). The number of nitrogens with one attached hydrogen (secondary N) is 1. The molecule has 3 nitrogen and oxygen atoms in total. The third kappa shape index (κ3) is 3.00. The Morgan fingerprint density at radius 2 is 1.86 bits per heavy atom. The maximum atomic E-state index is 11.8. The number of carbonyl (C=O) groups excluding carboxylic acids is 1. The van der Waals surface area contributed by atoms with E-state index in [1.807, 2.05) is 61.5 Å². The summed E-state index contributed by atoms with van der Waals surface area (Å²) >= 11 is 1.64. The molecule has 0 saturated carbocycles. The highest BCUT2D eigenvalue weighted by Gasteiger charge is 2.25. The smallest absolute Gasteiger partial charge is 0.220 e. The van der Waals surface area contributed by atoms with Crippen LogP contribution < -0.4 is 5.32 Å². The summed E-state index contributed by atoms with van der Waals surface area (Å²) in [5.41, 5.74) is 2.91. The van der Waals surface area contributed by atoms with Crippen LogP contribution in [0.3, 0.4) is 0 Å². The zero-order chi connectivity index (χ0) is 14.7. The van der Waals surface area contributed by atoms with Gasteiger partial charge in [-0.15, -0.1) is 0 Å². The van der Waals surface area contributed by atoms with E-state index in [1.165, 1.54) is 0 Å². The Balaban J connectivity index is 2.02. The van der Waals surface area contributed by atoms with Crippen LogP contribution in [0, 0.1) is 0 Å². The predicted octanol–water partition coefficient (Wildman–Crippen LogP) is 3.77. The minimum absolute atomic E-state index is 0.0375. The minimum Gasteiger partial charge on any atom is -0.338 e. The van der Waals surface area contributed by atoms with Gasteiger partial charge in [-0.05, 0) is 17.7 Å². The lowest BCUT2D eigenvalue weighted by atomic mass is 10.1. The molecule has 106 valence electrons. The van der Waals surface area contributed by atoms with E-state index in [4.69, 9.17) is 4.99 Å². The molecule has 0 fully saturated rings. The molecule has 0 aromatic heterocycles. The van der Waals surface area contributed by atoms with Gasteiger partial charge in [-0.3, -0.25) is 4.79 Å². The molecule has 1 amide bonds. The SMILES string of the molecule is CCC(=O)NC1Sc2ccccc2N=C1c1ccccc1. The number of carbonyl (C=O) groups is 1. The van der Waals surface area contributed by atoms with E-state index in [0.717, 1.165) is 21.9 Å². The average molecular weight is 296 g/mol. The van der Waals surface area contributed by atoms with Crippen LogP contribution in [0.2, 0.25) is 0 Å². The highest BCUT2D eigenvalue weighted by Crippen LogP contribution is 2.38. The Kier molecular flexibility index (Phi) is 4.06. The standard InChI is InChI=1S/C17H16N2OS/c1-2-15(20)19-17-16(12-8-4-3-5-9-12)18-13-10-6-7-11-14(13)21-17/h3-11,17H,2H2,1H3,(H,19,20). The Morgan fingerprint density at radius 3 is 2.62 bits per heavy atom. The average Bonchev–Trinajstić information content (AvgIpc) is 2.55. The summed E-state index contributed by atoms with van der Waals surface area (Å²) in [5, 5.41) is 2.91. The Hall–Kier alpha value is -2.07. The lowest BCUT2D eigenvalue weighted by Gasteiger charge is -2.25. The van der Waals surface area contributed by atoms with Crippen LogP contribution in [0.25, 0.3) is 0 Å². The van der Waals surface area contributed by atoms with Crippen LogP contribution in [-0.2, 0) is 4.79 Å². The first kappa shape index (κ1) is 13.9. The normalized spacial score (nSPS) is 16.8. The number of benzene rings is 2. The van der Waals surface area contributed by atoms with Gasteiger partial charge in [0.1, 0.15) is 5.37 Å². The second kappa shape index (κ2) is 6.14. The molecule has 21 heavy (non-hydrogen) atoms. The molecule has 1 aliphatic heterocycles. The van der Waals surface area contributed by atoms with E-state index in [9.17, 15) is 4.79 Å². The predicted molar refractivity (Wildman–Crippen MR) is 87.2 cm³/mol. The van der Waals surface area contributed by atoms with E-state index in [1.54, 1.807) is 11.8 Å². The van der Waals surface area contributed by atoms with Crippen molar-refractivity contribution < 1.29 is 4.79 Å². The first-order chi connectivity index (χ1) is 10.3. The number of amides is 1. The number of rotatable bonds is 3. The monoisotopic (exact) mass is 296 g/mol. The van der Waals surface area contributed by atoms with Crippen molar-refractivity contribution in [3.05, 3.63) is 60.2 Å². The van der Waals surface area contributed by atoms with E-state index in [0.29, 0.717) is 6.42 Å². The topological polar surface area (TPSA) is 41.5 Å². The van der Waals surface area contributed by atoms with Gasteiger partial charge in [0.15, 0.2) is 0 Å². The maximum Gasteiger partial charge on any atom is 0.220 e. The third-order valence-corrected chi connectivity index (χ3v) is 4.46. The van der Waals surface area contributed by atoms with E-state index < -0.39 is 0 Å². The van der Waals surface area contributed by atoms with Gasteiger partial charge in [0.25, 0.3) is 0 Å². The highest BCUT2D eigenvalue weighted by molar-refractivity contribution is 8.00. The molecule has 0 radical (unpaired) electrons. The van der Waals surface area contributed by atoms with Gasteiger partial charge >= 0.3 is 0 Å². The zero-order valence-electron chi connectivity index (χ0n) is 11.7. The van der Waals surface area contributed by atoms with E-state index >= 15 is 0 Å². The van der Waals surface area contributed by atoms with Crippen LogP contribution >= 0.6 is 11.8 Å². The minimum atomic E-state index is -0.144. The Labute approximate surface area is 128 Å². The molecule has 4 heteroatoms. The number of aliphatic imine (C=N–C) groups is 1. The van der Waals surface area contributed by atoms with Crippen LogP contribution in [0.15, 0.2) is 64.5 Å². The summed E-state index contributed by atoms with van der Waals surface area (Å²) in [6.45, 7) is 1.86. The Morgan fingerprint density at radius 1 is 1.14 bits per heavy atom. The number of hydrogen-bond acceptors (Lipinski definition) is 3. The summed E-state index contributed by atoms with van der Waals surface area (Å²) in [6.07, 6.45) is 0.473. The number of fused-ring (bicyclic) bond motifs is 1. The second-order valence-corrected chi connectivity index (χ2v) is 5.90. The highest BCUT2D eigenvalue weighted by atomic mass is 32.2. The summed E-state index contributed by atoms with van der Waals surface area (Å²) in [7, 11) is 0. The third-order valence-electron chi connectivity index (χ3n) is 3.28. The fourth-order valence-electron chi connectivity index (χ4n) is 2.19. The van der Waals surface area contributed by atoms with Crippen molar-refractivity contribution in [2.75, 3.05) is 0 Å². The Bertz CT molecular complexity index is 682. The molecule has 0 spiro atoms. The quantitative estimate of drug-likeness (QED) is 0.937. The first-order valence-corrected chi connectivity index (χ1v) is 7.85. The number of para-hydroxylation sites is 1. The van der Waals surface area contributed by atoms with Gasteiger partial charge in [0.2, 0.25) is 5.91 Å². The summed E-state index contributed by atoms with van der Waals surface area (Å²) in [6, 6.07) is 18.0. The van der Waals surface area contributed by atoms with Gasteiger partial charge < -0.3 is 5.32 Å². The molecule has 1 heterocycles. The van der Waals surface area contributed by atoms with Gasteiger partial charge in [0.05, 0.1) is 11.4 Å². The molecule has 1 aliphatic rings. The molecule has 0 bridgehead atoms. The molecule has 0 saturated heterocycles. The van der Waals surface area contributed by atoms with Crippen LogP contribution in [0.5, 0.6) is 0 Å². The molecule has 2 aromatic carbocycles. The van der Waals surface area contributed by atoms with Crippen molar-refractivity contribution in [3.8, 4) is 0 Å². The van der Waals surface area contributed by atoms with Gasteiger partial charge in [-0.1, -0.05) is 61.2 Å². The number of nitrogens with zero attached hydrogens (tertiary/aromatic N) is 1. The molecule has 1 atom stereocenters. The van der Waals surface area contributed by atoms with Crippen LogP contribution in [0.4, 0.5) is 5.69 Å². The molecule has 1 unspecified atom stereocenters.